The van der Waals surface area contributed by atoms with Crippen molar-refractivity contribution in [2.45, 2.75) is 32.8 Å². The lowest BCUT2D eigenvalue weighted by Crippen LogP contribution is -2.50. The number of hydrogen-bond acceptors (Lipinski definition) is 7. The zero-order valence-electron chi connectivity index (χ0n) is 19.7. The second kappa shape index (κ2) is 9.95. The first-order valence-corrected chi connectivity index (χ1v) is 12.7. The predicted octanol–water partition coefficient (Wildman–Crippen LogP) is 3.00. The lowest BCUT2D eigenvalue weighted by molar-refractivity contribution is -0.117. The van der Waals surface area contributed by atoms with E-state index in [9.17, 15) is 9.59 Å². The van der Waals surface area contributed by atoms with Gasteiger partial charge in [0.2, 0.25) is 5.91 Å². The summed E-state index contributed by atoms with van der Waals surface area (Å²) in [7, 11) is 0. The van der Waals surface area contributed by atoms with E-state index in [-0.39, 0.29) is 11.5 Å². The van der Waals surface area contributed by atoms with Crippen LogP contribution >= 0.6 is 11.3 Å². The van der Waals surface area contributed by atoms with Crippen LogP contribution in [0.25, 0.3) is 21.6 Å². The summed E-state index contributed by atoms with van der Waals surface area (Å²) in [6, 6.07) is 7.47. The smallest absolute Gasteiger partial charge is 0.260 e. The molecule has 1 aromatic carbocycles. The summed E-state index contributed by atoms with van der Waals surface area (Å²) >= 11 is 1.53. The number of piperazine rings is 1. The Hall–Kier alpha value is -2.59. The largest absolute Gasteiger partial charge is 0.377 e. The number of ether oxygens (including phenoxy) is 1. The quantitative estimate of drug-likeness (QED) is 0.563. The Balaban J connectivity index is 1.19. The molecule has 1 amide bonds. The van der Waals surface area contributed by atoms with Crippen LogP contribution in [0.3, 0.4) is 0 Å². The number of nitrogens with zero attached hydrogens (tertiary/aromatic N) is 3. The third-order valence-corrected chi connectivity index (χ3v) is 7.88. The third kappa shape index (κ3) is 5.07. The number of aromatic nitrogens is 2. The molecule has 8 nitrogen and oxygen atoms in total. The standard InChI is InChI=1S/C25H31N5O3S/c1-16-17(2)34-25-22(16)24(32)27-23(28-25)18-5-3-6-19(13-18)26-21(31)15-30-10-8-29(9-11-30)14-20-7-4-12-33-20/h3,5-6,13,20H,4,7-12,14-15H2,1-2H3,(H,26,31)(H,27,28,32)/t20-/m0/s1. The number of carbonyl (C=O) groups excluding carboxylic acids is 1. The van der Waals surface area contributed by atoms with E-state index in [1.165, 1.54) is 17.8 Å². The van der Waals surface area contributed by atoms with E-state index in [0.29, 0.717) is 29.5 Å². The van der Waals surface area contributed by atoms with E-state index in [1.54, 1.807) is 0 Å². The van der Waals surface area contributed by atoms with Gasteiger partial charge in [0.1, 0.15) is 10.7 Å². The molecule has 0 aliphatic carbocycles. The van der Waals surface area contributed by atoms with Gasteiger partial charge in [-0.1, -0.05) is 12.1 Å². The molecule has 34 heavy (non-hydrogen) atoms. The maximum Gasteiger partial charge on any atom is 0.260 e. The molecule has 2 aliphatic heterocycles. The summed E-state index contributed by atoms with van der Waals surface area (Å²) in [6.07, 6.45) is 2.70. The Labute approximate surface area is 202 Å². The molecule has 2 saturated heterocycles. The van der Waals surface area contributed by atoms with Gasteiger partial charge in [-0.15, -0.1) is 11.3 Å². The average molecular weight is 482 g/mol. The van der Waals surface area contributed by atoms with Gasteiger partial charge >= 0.3 is 0 Å². The summed E-state index contributed by atoms with van der Waals surface area (Å²) < 4.78 is 5.75. The molecule has 0 radical (unpaired) electrons. The van der Waals surface area contributed by atoms with Crippen molar-refractivity contribution in [3.63, 3.8) is 0 Å². The number of thiophene rings is 1. The fourth-order valence-corrected chi connectivity index (χ4v) is 5.78. The predicted molar refractivity (Wildman–Crippen MR) is 136 cm³/mol. The minimum absolute atomic E-state index is 0.0360. The third-order valence-electron chi connectivity index (χ3n) is 6.78. The van der Waals surface area contributed by atoms with Crippen LogP contribution in [0.15, 0.2) is 29.1 Å². The molecule has 2 fully saturated rings. The number of benzene rings is 1. The number of nitrogens with one attached hydrogen (secondary N) is 2. The Morgan fingerprint density at radius 1 is 1.24 bits per heavy atom. The highest BCUT2D eigenvalue weighted by Crippen LogP contribution is 2.28. The van der Waals surface area contributed by atoms with Crippen molar-refractivity contribution < 1.29 is 9.53 Å². The van der Waals surface area contributed by atoms with Crippen molar-refractivity contribution in [2.75, 3.05) is 51.2 Å². The van der Waals surface area contributed by atoms with Crippen LogP contribution in [-0.2, 0) is 9.53 Å². The van der Waals surface area contributed by atoms with Gasteiger partial charge in [0, 0.05) is 55.5 Å². The van der Waals surface area contributed by atoms with E-state index < -0.39 is 0 Å². The molecule has 2 aromatic heterocycles. The van der Waals surface area contributed by atoms with Crippen molar-refractivity contribution >= 4 is 33.1 Å². The number of H-pyrrole nitrogens is 1. The van der Waals surface area contributed by atoms with Crippen LogP contribution in [0.2, 0.25) is 0 Å². The molecule has 1 atom stereocenters. The van der Waals surface area contributed by atoms with Crippen LogP contribution in [-0.4, -0.2) is 77.7 Å². The van der Waals surface area contributed by atoms with Gasteiger partial charge in [-0.25, -0.2) is 4.98 Å². The van der Waals surface area contributed by atoms with Crippen LogP contribution in [0, 0.1) is 13.8 Å². The average Bonchev–Trinajstić information content (AvgIpc) is 3.43. The molecule has 2 N–H and O–H groups in total. The van der Waals surface area contributed by atoms with Gasteiger partial charge in [-0.3, -0.25) is 19.4 Å². The minimum atomic E-state index is -0.130. The topological polar surface area (TPSA) is 90.6 Å². The number of hydrogen-bond donors (Lipinski definition) is 2. The Kier molecular flexibility index (Phi) is 6.78. The Morgan fingerprint density at radius 2 is 2.03 bits per heavy atom. The highest BCUT2D eigenvalue weighted by Gasteiger charge is 2.23. The molecular weight excluding hydrogens is 450 g/mol. The molecule has 5 rings (SSSR count). The maximum atomic E-state index is 12.7. The van der Waals surface area contributed by atoms with Gasteiger partial charge in [-0.05, 0) is 44.4 Å². The first-order chi connectivity index (χ1) is 16.5. The van der Waals surface area contributed by atoms with E-state index in [0.717, 1.165) is 66.6 Å². The monoisotopic (exact) mass is 481 g/mol. The molecular formula is C25H31N5O3S. The number of amides is 1. The van der Waals surface area contributed by atoms with Crippen LogP contribution in [0.4, 0.5) is 5.69 Å². The fraction of sp³-hybridized carbons (Fsp3) is 0.480. The van der Waals surface area contributed by atoms with Gasteiger partial charge in [0.15, 0.2) is 0 Å². The zero-order chi connectivity index (χ0) is 23.7. The Morgan fingerprint density at radius 3 is 2.79 bits per heavy atom. The van der Waals surface area contributed by atoms with E-state index in [1.807, 2.05) is 38.1 Å². The second-order valence-corrected chi connectivity index (χ2v) is 10.4. The number of aryl methyl sites for hydroxylation is 2. The van der Waals surface area contributed by atoms with Gasteiger partial charge in [-0.2, -0.15) is 0 Å². The van der Waals surface area contributed by atoms with Crippen molar-refractivity contribution in [1.29, 1.82) is 0 Å². The van der Waals surface area contributed by atoms with Gasteiger partial charge in [0.25, 0.3) is 5.56 Å². The van der Waals surface area contributed by atoms with Crippen molar-refractivity contribution in [3.8, 4) is 11.4 Å². The van der Waals surface area contributed by atoms with Crippen molar-refractivity contribution in [3.05, 3.63) is 45.1 Å². The summed E-state index contributed by atoms with van der Waals surface area (Å²) in [4.78, 5) is 39.4. The zero-order valence-corrected chi connectivity index (χ0v) is 20.5. The van der Waals surface area contributed by atoms with Crippen molar-refractivity contribution in [1.82, 2.24) is 19.8 Å². The van der Waals surface area contributed by atoms with E-state index in [4.69, 9.17) is 4.74 Å². The molecule has 0 saturated carbocycles. The normalized spacial score (nSPS) is 19.6. The first-order valence-electron chi connectivity index (χ1n) is 11.9. The molecule has 3 aromatic rings. The molecule has 0 spiro atoms. The highest BCUT2D eigenvalue weighted by molar-refractivity contribution is 7.18. The maximum absolute atomic E-state index is 12.7. The lowest BCUT2D eigenvalue weighted by Gasteiger charge is -2.35. The summed E-state index contributed by atoms with van der Waals surface area (Å²) in [5, 5.41) is 3.66. The highest BCUT2D eigenvalue weighted by atomic mass is 32.1. The van der Waals surface area contributed by atoms with Crippen LogP contribution < -0.4 is 10.9 Å². The number of fused-ring (bicyclic) bond motifs is 1. The summed E-state index contributed by atoms with van der Waals surface area (Å²) in [6.45, 7) is 9.89. The van der Waals surface area contributed by atoms with Gasteiger partial charge < -0.3 is 15.0 Å². The van der Waals surface area contributed by atoms with E-state index in [2.05, 4.69) is 25.1 Å². The van der Waals surface area contributed by atoms with Gasteiger partial charge in [0.05, 0.1) is 18.0 Å². The molecule has 9 heteroatoms. The molecule has 0 bridgehead atoms. The SMILES string of the molecule is Cc1sc2nc(-c3cccc(NC(=O)CN4CCN(C[C@@H]5CCCO5)CC4)c3)[nH]c(=O)c2c1C. The number of rotatable bonds is 6. The van der Waals surface area contributed by atoms with Crippen LogP contribution in [0.5, 0.6) is 0 Å². The number of aromatic amines is 1. The molecule has 4 heterocycles. The summed E-state index contributed by atoms with van der Waals surface area (Å²) in [5.41, 5.74) is 2.31. The first kappa shape index (κ1) is 23.2. The minimum Gasteiger partial charge on any atom is -0.377 e. The fourth-order valence-electron chi connectivity index (χ4n) is 4.75. The van der Waals surface area contributed by atoms with Crippen molar-refractivity contribution in [2.24, 2.45) is 0 Å². The molecule has 0 unspecified atom stereocenters. The molecule has 180 valence electrons. The van der Waals surface area contributed by atoms with E-state index >= 15 is 0 Å². The molecule has 2 aliphatic rings. The van der Waals surface area contributed by atoms with Crippen LogP contribution in [0.1, 0.15) is 23.3 Å². The summed E-state index contributed by atoms with van der Waals surface area (Å²) in [5.74, 6) is 0.475. The lowest BCUT2D eigenvalue weighted by atomic mass is 10.1. The number of carbonyl (C=O) groups is 1. The second-order valence-electron chi connectivity index (χ2n) is 9.22. The number of anilines is 1. The Bertz CT molecular complexity index is 1240.